The molecule has 0 saturated carbocycles. The van der Waals surface area contributed by atoms with E-state index in [1.54, 1.807) is 11.3 Å². The maximum Gasteiger partial charge on any atom is 0.261 e. The van der Waals surface area contributed by atoms with E-state index < -0.39 is 0 Å². The first kappa shape index (κ1) is 19.9. The van der Waals surface area contributed by atoms with E-state index in [9.17, 15) is 4.79 Å². The van der Waals surface area contributed by atoms with Crippen LogP contribution in [0.2, 0.25) is 0 Å². The lowest BCUT2D eigenvalue weighted by Crippen LogP contribution is -2.29. The van der Waals surface area contributed by atoms with Crippen LogP contribution in [0.1, 0.15) is 52.4 Å². The van der Waals surface area contributed by atoms with E-state index in [2.05, 4.69) is 48.0 Å². The fraction of sp³-hybridized carbons (Fsp3) is 0.417. The molecule has 0 radical (unpaired) electrons. The molecule has 0 spiro atoms. The van der Waals surface area contributed by atoms with Gasteiger partial charge < -0.3 is 4.90 Å². The van der Waals surface area contributed by atoms with Crippen LogP contribution in [0.25, 0.3) is 31.1 Å². The molecular formula is C24H29N3OS. The summed E-state index contributed by atoms with van der Waals surface area (Å²) in [5.74, 6) is 0.718. The number of anilines is 1. The molecule has 4 nitrogen and oxygen atoms in total. The first-order valence-electron chi connectivity index (χ1n) is 10.8. The summed E-state index contributed by atoms with van der Waals surface area (Å²) in [6.07, 6.45) is 7.03. The minimum atomic E-state index is -0.0295. The van der Waals surface area contributed by atoms with E-state index in [0.717, 1.165) is 52.9 Å². The van der Waals surface area contributed by atoms with Gasteiger partial charge in [0.25, 0.3) is 5.56 Å². The van der Waals surface area contributed by atoms with Crippen molar-refractivity contribution in [1.82, 2.24) is 9.97 Å². The van der Waals surface area contributed by atoms with E-state index in [4.69, 9.17) is 4.98 Å². The molecule has 4 rings (SSSR count). The maximum atomic E-state index is 13.1. The van der Waals surface area contributed by atoms with Gasteiger partial charge in [0, 0.05) is 28.6 Å². The Hall–Kier alpha value is -2.40. The number of unbranched alkanes of at least 4 members (excludes halogenated alkanes) is 4. The zero-order valence-corrected chi connectivity index (χ0v) is 18.1. The summed E-state index contributed by atoms with van der Waals surface area (Å²) in [6.45, 7) is 6.32. The van der Waals surface area contributed by atoms with Crippen LogP contribution in [-0.4, -0.2) is 23.1 Å². The van der Waals surface area contributed by atoms with Gasteiger partial charge in [-0.05, 0) is 25.0 Å². The van der Waals surface area contributed by atoms with Crippen molar-refractivity contribution in [2.24, 2.45) is 0 Å². The van der Waals surface area contributed by atoms with Gasteiger partial charge in [-0.25, -0.2) is 4.98 Å². The van der Waals surface area contributed by atoms with E-state index in [1.165, 1.54) is 35.8 Å². The summed E-state index contributed by atoms with van der Waals surface area (Å²) in [5, 5.41) is 3.06. The van der Waals surface area contributed by atoms with E-state index in [-0.39, 0.29) is 5.56 Å². The SMILES string of the molecule is CCCCCN(CCCCC)c1nc2ccc3c4ccccc4sc3c2c(=O)[nH]1. The Morgan fingerprint density at radius 1 is 0.931 bits per heavy atom. The summed E-state index contributed by atoms with van der Waals surface area (Å²) >= 11 is 1.68. The number of aromatic amines is 1. The summed E-state index contributed by atoms with van der Waals surface area (Å²) in [4.78, 5) is 23.4. The van der Waals surface area contributed by atoms with Crippen molar-refractivity contribution in [3.05, 3.63) is 46.8 Å². The van der Waals surface area contributed by atoms with Crippen LogP contribution in [0.5, 0.6) is 0 Å². The molecule has 0 saturated heterocycles. The lowest BCUT2D eigenvalue weighted by Gasteiger charge is -2.23. The lowest BCUT2D eigenvalue weighted by atomic mass is 10.1. The molecule has 1 N–H and O–H groups in total. The molecule has 5 heteroatoms. The number of H-pyrrole nitrogens is 1. The predicted molar refractivity (Wildman–Crippen MR) is 127 cm³/mol. The molecule has 0 bridgehead atoms. The predicted octanol–water partition coefficient (Wildman–Crippen LogP) is 6.48. The van der Waals surface area contributed by atoms with Gasteiger partial charge in [0.1, 0.15) is 0 Å². The van der Waals surface area contributed by atoms with Crippen LogP contribution in [0, 0.1) is 0 Å². The topological polar surface area (TPSA) is 49.0 Å². The van der Waals surface area contributed by atoms with Crippen LogP contribution in [0.15, 0.2) is 41.2 Å². The molecule has 29 heavy (non-hydrogen) atoms. The average Bonchev–Trinajstić information content (AvgIpc) is 3.11. The Kier molecular flexibility index (Phi) is 6.14. The van der Waals surface area contributed by atoms with Crippen molar-refractivity contribution in [1.29, 1.82) is 0 Å². The molecule has 0 atom stereocenters. The molecule has 0 aliphatic carbocycles. The average molecular weight is 408 g/mol. The number of hydrogen-bond donors (Lipinski definition) is 1. The van der Waals surface area contributed by atoms with Crippen LogP contribution in [0.4, 0.5) is 5.95 Å². The third kappa shape index (κ3) is 4.01. The monoisotopic (exact) mass is 407 g/mol. The van der Waals surface area contributed by atoms with Crippen molar-refractivity contribution < 1.29 is 0 Å². The number of nitrogens with zero attached hydrogens (tertiary/aromatic N) is 2. The van der Waals surface area contributed by atoms with Gasteiger partial charge in [0.05, 0.1) is 15.6 Å². The molecular weight excluding hydrogens is 378 g/mol. The van der Waals surface area contributed by atoms with Crippen LogP contribution >= 0.6 is 11.3 Å². The van der Waals surface area contributed by atoms with Crippen molar-refractivity contribution >= 4 is 48.4 Å². The van der Waals surface area contributed by atoms with Gasteiger partial charge in [-0.15, -0.1) is 11.3 Å². The third-order valence-electron chi connectivity index (χ3n) is 5.57. The Labute approximate surface area is 175 Å². The number of thiophene rings is 1. The number of aromatic nitrogens is 2. The quantitative estimate of drug-likeness (QED) is 0.323. The van der Waals surface area contributed by atoms with Gasteiger partial charge >= 0.3 is 0 Å². The third-order valence-corrected chi connectivity index (χ3v) is 6.77. The number of benzene rings is 2. The van der Waals surface area contributed by atoms with Gasteiger partial charge in [0.2, 0.25) is 5.95 Å². The fourth-order valence-electron chi connectivity index (χ4n) is 3.98. The standard InChI is InChI=1S/C24H29N3OS/c1-3-5-9-15-27(16-10-6-4-2)24-25-19-14-13-18-17-11-7-8-12-20(17)29-22(18)21(19)23(28)26-24/h7-8,11-14H,3-6,9-10,15-16H2,1-2H3,(H,25,26,28). The summed E-state index contributed by atoms with van der Waals surface area (Å²) in [5.41, 5.74) is 0.761. The molecule has 0 aliphatic heterocycles. The van der Waals surface area contributed by atoms with Gasteiger partial charge in [-0.1, -0.05) is 63.8 Å². The van der Waals surface area contributed by atoms with Crippen LogP contribution in [-0.2, 0) is 0 Å². The van der Waals surface area contributed by atoms with Crippen molar-refractivity contribution in [2.75, 3.05) is 18.0 Å². The fourth-order valence-corrected chi connectivity index (χ4v) is 5.22. The van der Waals surface area contributed by atoms with Crippen molar-refractivity contribution in [2.45, 2.75) is 52.4 Å². The zero-order chi connectivity index (χ0) is 20.2. The highest BCUT2D eigenvalue weighted by atomic mass is 32.1. The van der Waals surface area contributed by atoms with E-state index in [1.807, 2.05) is 12.1 Å². The molecule has 152 valence electrons. The maximum absolute atomic E-state index is 13.1. The molecule has 2 aromatic heterocycles. The van der Waals surface area contributed by atoms with Gasteiger partial charge in [0.15, 0.2) is 0 Å². The van der Waals surface area contributed by atoms with E-state index in [0.29, 0.717) is 0 Å². The molecule has 2 aromatic carbocycles. The Balaban J connectivity index is 1.77. The Morgan fingerprint density at radius 3 is 2.38 bits per heavy atom. The van der Waals surface area contributed by atoms with Crippen LogP contribution < -0.4 is 10.5 Å². The highest BCUT2D eigenvalue weighted by Crippen LogP contribution is 2.36. The van der Waals surface area contributed by atoms with Crippen molar-refractivity contribution in [3.8, 4) is 0 Å². The summed E-state index contributed by atoms with van der Waals surface area (Å²) < 4.78 is 2.24. The minimum absolute atomic E-state index is 0.0295. The number of nitrogens with one attached hydrogen (secondary N) is 1. The smallest absolute Gasteiger partial charge is 0.261 e. The number of fused-ring (bicyclic) bond motifs is 5. The second-order valence-electron chi connectivity index (χ2n) is 7.73. The highest BCUT2D eigenvalue weighted by molar-refractivity contribution is 7.26. The van der Waals surface area contributed by atoms with Crippen LogP contribution in [0.3, 0.4) is 0 Å². The molecule has 4 aromatic rings. The molecule has 0 amide bonds. The van der Waals surface area contributed by atoms with Gasteiger partial charge in [-0.2, -0.15) is 0 Å². The normalized spacial score (nSPS) is 11.7. The molecule has 0 unspecified atom stereocenters. The molecule has 2 heterocycles. The highest BCUT2D eigenvalue weighted by Gasteiger charge is 2.15. The molecule has 0 aliphatic rings. The summed E-state index contributed by atoms with van der Waals surface area (Å²) in [7, 11) is 0. The Morgan fingerprint density at radius 2 is 1.66 bits per heavy atom. The lowest BCUT2D eigenvalue weighted by molar-refractivity contribution is 0.626. The first-order valence-corrected chi connectivity index (χ1v) is 11.6. The Bertz CT molecular complexity index is 1170. The number of hydrogen-bond acceptors (Lipinski definition) is 4. The zero-order valence-electron chi connectivity index (χ0n) is 17.3. The van der Waals surface area contributed by atoms with Gasteiger partial charge in [-0.3, -0.25) is 9.78 Å². The molecule has 0 fully saturated rings. The van der Waals surface area contributed by atoms with E-state index >= 15 is 0 Å². The second-order valence-corrected chi connectivity index (χ2v) is 8.78. The minimum Gasteiger partial charge on any atom is -0.342 e. The largest absolute Gasteiger partial charge is 0.342 e. The van der Waals surface area contributed by atoms with Crippen molar-refractivity contribution in [3.63, 3.8) is 0 Å². The first-order chi connectivity index (χ1) is 14.2. The number of rotatable bonds is 9. The second kappa shape index (κ2) is 8.95. The summed E-state index contributed by atoms with van der Waals surface area (Å²) in [6, 6.07) is 12.5.